The van der Waals surface area contributed by atoms with Gasteiger partial charge in [-0.25, -0.2) is 9.59 Å². The monoisotopic (exact) mass is 291 g/mol. The molecule has 1 aliphatic rings. The van der Waals surface area contributed by atoms with Crippen LogP contribution in [0.4, 0.5) is 4.79 Å². The smallest absolute Gasteiger partial charge is 0.411 e. The van der Waals surface area contributed by atoms with Gasteiger partial charge in [-0.05, 0) is 33.6 Å². The highest BCUT2D eigenvalue weighted by Gasteiger charge is 2.34. The average Bonchev–Trinajstić information content (AvgIpc) is 2.52. The molecule has 1 atom stereocenters. The van der Waals surface area contributed by atoms with Gasteiger partial charge in [0.2, 0.25) is 0 Å². The second-order valence-electron chi connectivity index (χ2n) is 5.61. The van der Waals surface area contributed by atoms with Crippen molar-refractivity contribution in [1.82, 2.24) is 4.90 Å². The molecule has 1 saturated heterocycles. The van der Waals surface area contributed by atoms with Crippen LogP contribution in [0.3, 0.4) is 0 Å². The molecule has 1 unspecified atom stereocenters. The van der Waals surface area contributed by atoms with E-state index in [4.69, 9.17) is 21.1 Å². The lowest BCUT2D eigenvalue weighted by Gasteiger charge is -2.30. The first-order valence-corrected chi connectivity index (χ1v) is 7.11. The number of amides is 1. The van der Waals surface area contributed by atoms with Gasteiger partial charge < -0.3 is 9.47 Å². The van der Waals surface area contributed by atoms with E-state index in [0.717, 1.165) is 19.3 Å². The minimum Gasteiger partial charge on any atom is -0.448 e. The predicted molar refractivity (Wildman–Crippen MR) is 72.0 cm³/mol. The Kier molecular flexibility index (Phi) is 5.91. The van der Waals surface area contributed by atoms with Crippen molar-refractivity contribution in [2.45, 2.75) is 58.1 Å². The Morgan fingerprint density at radius 1 is 1.26 bits per heavy atom. The van der Waals surface area contributed by atoms with Crippen LogP contribution < -0.4 is 0 Å². The molecule has 0 bridgehead atoms. The fraction of sp³-hybridized carbons (Fsp3) is 0.846. The summed E-state index contributed by atoms with van der Waals surface area (Å²) in [7, 11) is 0. The third-order valence-electron chi connectivity index (χ3n) is 2.85. The van der Waals surface area contributed by atoms with Crippen LogP contribution in [0.25, 0.3) is 0 Å². The lowest BCUT2D eigenvalue weighted by Crippen LogP contribution is -2.47. The number of carbonyl (C=O) groups is 2. The standard InChI is InChI=1S/C13H22ClNO4/c1-13(2,3)19-12(17)15-8-6-4-5-7-10(15)11(16)18-9-14/h10H,4-9H2,1-3H3. The van der Waals surface area contributed by atoms with Crippen molar-refractivity contribution in [3.8, 4) is 0 Å². The van der Waals surface area contributed by atoms with Gasteiger partial charge in [-0.3, -0.25) is 4.90 Å². The first-order valence-electron chi connectivity index (χ1n) is 6.57. The Balaban J connectivity index is 2.78. The van der Waals surface area contributed by atoms with E-state index in [1.54, 1.807) is 20.8 Å². The summed E-state index contributed by atoms with van der Waals surface area (Å²) in [6.07, 6.45) is 2.87. The molecule has 1 rings (SSSR count). The van der Waals surface area contributed by atoms with E-state index in [-0.39, 0.29) is 6.07 Å². The summed E-state index contributed by atoms with van der Waals surface area (Å²) in [5.41, 5.74) is -0.579. The van der Waals surface area contributed by atoms with Crippen LogP contribution in [0.2, 0.25) is 0 Å². The molecule has 5 nitrogen and oxygen atoms in total. The van der Waals surface area contributed by atoms with Gasteiger partial charge in [0.15, 0.2) is 6.07 Å². The third kappa shape index (κ3) is 5.27. The summed E-state index contributed by atoms with van der Waals surface area (Å²) in [6.45, 7) is 5.91. The Morgan fingerprint density at radius 3 is 2.53 bits per heavy atom. The van der Waals surface area contributed by atoms with E-state index < -0.39 is 23.7 Å². The van der Waals surface area contributed by atoms with Crippen LogP contribution in [0, 0.1) is 0 Å². The molecule has 1 amide bonds. The fourth-order valence-corrected chi connectivity index (χ4v) is 2.15. The molecule has 0 aliphatic carbocycles. The number of nitrogens with zero attached hydrogens (tertiary/aromatic N) is 1. The molecular weight excluding hydrogens is 270 g/mol. The Labute approximate surface area is 119 Å². The van der Waals surface area contributed by atoms with Gasteiger partial charge in [-0.2, -0.15) is 0 Å². The minimum absolute atomic E-state index is 0.197. The molecule has 1 aliphatic heterocycles. The lowest BCUT2D eigenvalue weighted by molar-refractivity contribution is -0.147. The van der Waals surface area contributed by atoms with E-state index in [1.807, 2.05) is 0 Å². The number of hydrogen-bond acceptors (Lipinski definition) is 4. The molecule has 110 valence electrons. The lowest BCUT2D eigenvalue weighted by atomic mass is 10.1. The number of likely N-dealkylation sites (tertiary alicyclic amines) is 1. The summed E-state index contributed by atoms with van der Waals surface area (Å²) in [5, 5.41) is 0. The first kappa shape index (κ1) is 16.1. The Morgan fingerprint density at radius 2 is 1.95 bits per heavy atom. The number of ether oxygens (including phenoxy) is 2. The molecule has 1 fully saturated rings. The van der Waals surface area contributed by atoms with Gasteiger partial charge in [-0.1, -0.05) is 24.4 Å². The summed E-state index contributed by atoms with van der Waals surface area (Å²) in [6, 6.07) is -0.784. The highest BCUT2D eigenvalue weighted by atomic mass is 35.5. The SMILES string of the molecule is CC(C)(C)OC(=O)N1CCCCCC1C(=O)OCCl. The van der Waals surface area contributed by atoms with Crippen molar-refractivity contribution < 1.29 is 19.1 Å². The van der Waals surface area contributed by atoms with Gasteiger partial charge >= 0.3 is 12.1 Å². The third-order valence-corrected chi connectivity index (χ3v) is 2.96. The number of alkyl halides is 1. The number of rotatable bonds is 2. The largest absolute Gasteiger partial charge is 0.448 e. The maximum Gasteiger partial charge on any atom is 0.411 e. The average molecular weight is 292 g/mol. The van der Waals surface area contributed by atoms with Crippen LogP contribution in [0.5, 0.6) is 0 Å². The van der Waals surface area contributed by atoms with Crippen molar-refractivity contribution >= 4 is 23.7 Å². The maximum atomic E-state index is 12.1. The minimum atomic E-state index is -0.587. The van der Waals surface area contributed by atoms with Gasteiger partial charge in [0.1, 0.15) is 11.6 Å². The molecule has 0 spiro atoms. The van der Waals surface area contributed by atoms with Crippen LogP contribution in [0.15, 0.2) is 0 Å². The summed E-state index contributed by atoms with van der Waals surface area (Å²) in [5.74, 6) is -0.456. The van der Waals surface area contributed by atoms with E-state index in [2.05, 4.69) is 0 Å². The van der Waals surface area contributed by atoms with Gasteiger partial charge in [-0.15, -0.1) is 0 Å². The molecule has 19 heavy (non-hydrogen) atoms. The fourth-order valence-electron chi connectivity index (χ4n) is 2.04. The van der Waals surface area contributed by atoms with Crippen molar-refractivity contribution in [2.75, 3.05) is 12.6 Å². The van der Waals surface area contributed by atoms with Crippen molar-refractivity contribution in [2.24, 2.45) is 0 Å². The van der Waals surface area contributed by atoms with Crippen LogP contribution in [0.1, 0.15) is 46.5 Å². The van der Waals surface area contributed by atoms with Crippen LogP contribution >= 0.6 is 11.6 Å². The summed E-state index contributed by atoms with van der Waals surface area (Å²) in [4.78, 5) is 25.5. The Hall–Kier alpha value is -0.970. The maximum absolute atomic E-state index is 12.1. The van der Waals surface area contributed by atoms with E-state index in [1.165, 1.54) is 4.90 Å². The normalized spacial score (nSPS) is 20.6. The molecule has 1 heterocycles. The van der Waals surface area contributed by atoms with Crippen LogP contribution in [-0.2, 0) is 14.3 Å². The van der Waals surface area contributed by atoms with E-state index in [0.29, 0.717) is 13.0 Å². The van der Waals surface area contributed by atoms with Crippen molar-refractivity contribution in [3.05, 3.63) is 0 Å². The molecular formula is C13H22ClNO4. The number of esters is 1. The Bertz CT molecular complexity index is 327. The topological polar surface area (TPSA) is 55.8 Å². The molecule has 0 aromatic rings. The van der Waals surface area contributed by atoms with E-state index in [9.17, 15) is 9.59 Å². The molecule has 0 aromatic carbocycles. The molecule has 0 aromatic heterocycles. The van der Waals surface area contributed by atoms with Crippen molar-refractivity contribution in [1.29, 1.82) is 0 Å². The second-order valence-corrected chi connectivity index (χ2v) is 5.83. The van der Waals surface area contributed by atoms with Gasteiger partial charge in [0.05, 0.1) is 0 Å². The van der Waals surface area contributed by atoms with Gasteiger partial charge in [0.25, 0.3) is 0 Å². The zero-order valence-corrected chi connectivity index (χ0v) is 12.5. The molecule has 0 N–H and O–H groups in total. The highest BCUT2D eigenvalue weighted by molar-refractivity contribution is 6.17. The highest BCUT2D eigenvalue weighted by Crippen LogP contribution is 2.21. The number of halogens is 1. The molecule has 6 heteroatoms. The van der Waals surface area contributed by atoms with E-state index >= 15 is 0 Å². The summed E-state index contributed by atoms with van der Waals surface area (Å²) < 4.78 is 10.2. The number of hydrogen-bond donors (Lipinski definition) is 0. The zero-order valence-electron chi connectivity index (χ0n) is 11.8. The van der Waals surface area contributed by atoms with Crippen molar-refractivity contribution in [3.63, 3.8) is 0 Å². The first-order chi connectivity index (χ1) is 8.85. The predicted octanol–water partition coefficient (Wildman–Crippen LogP) is 2.91. The number of carbonyl (C=O) groups excluding carboxylic acids is 2. The van der Waals surface area contributed by atoms with Gasteiger partial charge in [0, 0.05) is 6.54 Å². The quantitative estimate of drug-likeness (QED) is 0.580. The zero-order chi connectivity index (χ0) is 14.5. The van der Waals surface area contributed by atoms with Crippen LogP contribution in [-0.4, -0.2) is 41.2 Å². The molecule has 0 radical (unpaired) electrons. The second kappa shape index (κ2) is 6.98. The molecule has 0 saturated carbocycles. The summed E-state index contributed by atoms with van der Waals surface area (Å²) >= 11 is 5.41.